The minimum atomic E-state index is -0.333. The first kappa shape index (κ1) is 16.0. The summed E-state index contributed by atoms with van der Waals surface area (Å²) in [6.45, 7) is 8.50. The number of rotatable bonds is 7. The zero-order valence-electron chi connectivity index (χ0n) is 12.1. The summed E-state index contributed by atoms with van der Waals surface area (Å²) in [5.74, 6) is 1.24. The Morgan fingerprint density at radius 3 is 2.74 bits per heavy atom. The molecule has 0 N–H and O–H groups in total. The third-order valence-electron chi connectivity index (χ3n) is 2.82. The highest BCUT2D eigenvalue weighted by molar-refractivity contribution is 7.99. The van der Waals surface area contributed by atoms with Gasteiger partial charge in [-0.3, -0.25) is 0 Å². The summed E-state index contributed by atoms with van der Waals surface area (Å²) >= 11 is 1.83. The SMILES string of the molecule is CCOC(=O)c1cnc(CSC(C)CC)nc1CC. The highest BCUT2D eigenvalue weighted by atomic mass is 32.2. The molecule has 4 nitrogen and oxygen atoms in total. The maximum absolute atomic E-state index is 11.7. The lowest BCUT2D eigenvalue weighted by Crippen LogP contribution is -2.12. The van der Waals surface area contributed by atoms with E-state index in [-0.39, 0.29) is 5.97 Å². The Kier molecular flexibility index (Phi) is 6.84. The number of hydrogen-bond acceptors (Lipinski definition) is 5. The summed E-state index contributed by atoms with van der Waals surface area (Å²) in [4.78, 5) is 20.5. The summed E-state index contributed by atoms with van der Waals surface area (Å²) in [6.07, 6.45) is 3.43. The number of carbonyl (C=O) groups is 1. The van der Waals surface area contributed by atoms with Crippen molar-refractivity contribution in [2.75, 3.05) is 6.61 Å². The van der Waals surface area contributed by atoms with Gasteiger partial charge in [-0.25, -0.2) is 14.8 Å². The highest BCUT2D eigenvalue weighted by Gasteiger charge is 2.14. The van der Waals surface area contributed by atoms with Gasteiger partial charge < -0.3 is 4.74 Å². The van der Waals surface area contributed by atoms with Crippen LogP contribution in [-0.2, 0) is 16.9 Å². The van der Waals surface area contributed by atoms with E-state index in [2.05, 4.69) is 23.8 Å². The fourth-order valence-corrected chi connectivity index (χ4v) is 2.32. The zero-order valence-corrected chi connectivity index (χ0v) is 12.9. The number of ether oxygens (including phenoxy) is 1. The Bertz CT molecular complexity index is 424. The number of aromatic nitrogens is 2. The summed E-state index contributed by atoms with van der Waals surface area (Å²) in [5.41, 5.74) is 1.26. The third kappa shape index (κ3) is 4.82. The molecule has 0 saturated heterocycles. The van der Waals surface area contributed by atoms with Gasteiger partial charge in [-0.15, -0.1) is 0 Å². The molecule has 1 aromatic rings. The lowest BCUT2D eigenvalue weighted by atomic mass is 10.2. The van der Waals surface area contributed by atoms with Crippen molar-refractivity contribution in [3.8, 4) is 0 Å². The normalized spacial score (nSPS) is 12.2. The van der Waals surface area contributed by atoms with Crippen LogP contribution in [0, 0.1) is 0 Å². The molecule has 0 radical (unpaired) electrons. The van der Waals surface area contributed by atoms with Crippen molar-refractivity contribution < 1.29 is 9.53 Å². The van der Waals surface area contributed by atoms with Gasteiger partial charge in [0.1, 0.15) is 5.82 Å². The van der Waals surface area contributed by atoms with E-state index in [1.165, 1.54) is 0 Å². The van der Waals surface area contributed by atoms with Crippen LogP contribution >= 0.6 is 11.8 Å². The van der Waals surface area contributed by atoms with E-state index >= 15 is 0 Å². The van der Waals surface area contributed by atoms with Crippen LogP contribution in [0.3, 0.4) is 0 Å². The average molecular weight is 282 g/mol. The molecular formula is C14H22N2O2S. The third-order valence-corrected chi connectivity index (χ3v) is 4.15. The average Bonchev–Trinajstić information content (AvgIpc) is 2.44. The van der Waals surface area contributed by atoms with Gasteiger partial charge in [0.2, 0.25) is 0 Å². The quantitative estimate of drug-likeness (QED) is 0.719. The van der Waals surface area contributed by atoms with Crippen LogP contribution in [0.1, 0.15) is 56.0 Å². The molecule has 1 aromatic heterocycles. The second-order valence-electron chi connectivity index (χ2n) is 4.25. The fourth-order valence-electron chi connectivity index (χ4n) is 1.51. The van der Waals surface area contributed by atoms with Crippen LogP contribution in [0.25, 0.3) is 0 Å². The molecule has 0 aliphatic heterocycles. The Labute approximate surface area is 119 Å². The first-order chi connectivity index (χ1) is 9.12. The second-order valence-corrected chi connectivity index (χ2v) is 5.68. The Balaban J connectivity index is 2.80. The topological polar surface area (TPSA) is 52.1 Å². The molecule has 0 aromatic carbocycles. The Morgan fingerprint density at radius 1 is 1.42 bits per heavy atom. The fraction of sp³-hybridized carbons (Fsp3) is 0.643. The standard InChI is InChI=1S/C14H22N2O2S/c1-5-10(4)19-9-13-15-8-11(12(6-2)16-13)14(17)18-7-3/h8,10H,5-7,9H2,1-4H3. The minimum Gasteiger partial charge on any atom is -0.462 e. The molecule has 0 fully saturated rings. The Hall–Kier alpha value is -1.10. The van der Waals surface area contributed by atoms with E-state index in [1.807, 2.05) is 18.7 Å². The monoisotopic (exact) mass is 282 g/mol. The van der Waals surface area contributed by atoms with Crippen LogP contribution in [-0.4, -0.2) is 27.8 Å². The first-order valence-corrected chi connectivity index (χ1v) is 7.80. The van der Waals surface area contributed by atoms with Crippen molar-refractivity contribution in [3.05, 3.63) is 23.3 Å². The maximum atomic E-state index is 11.7. The molecule has 1 unspecified atom stereocenters. The van der Waals surface area contributed by atoms with Crippen molar-refractivity contribution in [1.82, 2.24) is 9.97 Å². The summed E-state index contributed by atoms with van der Waals surface area (Å²) in [5, 5.41) is 0.596. The predicted molar refractivity (Wildman–Crippen MR) is 78.4 cm³/mol. The van der Waals surface area contributed by atoms with Crippen LogP contribution in [0.2, 0.25) is 0 Å². The number of thioether (sulfide) groups is 1. The maximum Gasteiger partial charge on any atom is 0.341 e. The van der Waals surface area contributed by atoms with Crippen LogP contribution < -0.4 is 0 Å². The molecule has 0 saturated carbocycles. The zero-order chi connectivity index (χ0) is 14.3. The van der Waals surface area contributed by atoms with Crippen molar-refractivity contribution in [2.45, 2.75) is 51.5 Å². The van der Waals surface area contributed by atoms with E-state index < -0.39 is 0 Å². The summed E-state index contributed by atoms with van der Waals surface area (Å²) in [6, 6.07) is 0. The highest BCUT2D eigenvalue weighted by Crippen LogP contribution is 2.18. The molecule has 1 atom stereocenters. The molecule has 0 aliphatic rings. The van der Waals surface area contributed by atoms with Gasteiger partial charge in [-0.1, -0.05) is 20.8 Å². The lowest BCUT2D eigenvalue weighted by Gasteiger charge is -2.10. The molecule has 0 aliphatic carbocycles. The van der Waals surface area contributed by atoms with Gasteiger partial charge >= 0.3 is 5.97 Å². The summed E-state index contributed by atoms with van der Waals surface area (Å²) in [7, 11) is 0. The van der Waals surface area contributed by atoms with Crippen molar-refractivity contribution in [1.29, 1.82) is 0 Å². The number of esters is 1. The second kappa shape index (κ2) is 8.15. The number of aryl methyl sites for hydroxylation is 1. The molecule has 106 valence electrons. The van der Waals surface area contributed by atoms with Crippen molar-refractivity contribution in [2.24, 2.45) is 0 Å². The van der Waals surface area contributed by atoms with Crippen molar-refractivity contribution >= 4 is 17.7 Å². The van der Waals surface area contributed by atoms with Crippen LogP contribution in [0.4, 0.5) is 0 Å². The first-order valence-electron chi connectivity index (χ1n) is 6.75. The van der Waals surface area contributed by atoms with E-state index in [9.17, 15) is 4.79 Å². The molecule has 1 rings (SSSR count). The van der Waals surface area contributed by atoms with Gasteiger partial charge in [0.15, 0.2) is 0 Å². The number of carbonyl (C=O) groups excluding carboxylic acids is 1. The van der Waals surface area contributed by atoms with E-state index in [0.29, 0.717) is 23.8 Å². The van der Waals surface area contributed by atoms with E-state index in [1.54, 1.807) is 13.1 Å². The van der Waals surface area contributed by atoms with Gasteiger partial charge in [-0.05, 0) is 19.8 Å². The van der Waals surface area contributed by atoms with Gasteiger partial charge in [0.25, 0.3) is 0 Å². The smallest absolute Gasteiger partial charge is 0.341 e. The Morgan fingerprint density at radius 2 is 2.16 bits per heavy atom. The van der Waals surface area contributed by atoms with Gasteiger partial charge in [0.05, 0.1) is 23.6 Å². The van der Waals surface area contributed by atoms with E-state index in [0.717, 1.165) is 23.7 Å². The van der Waals surface area contributed by atoms with E-state index in [4.69, 9.17) is 4.74 Å². The van der Waals surface area contributed by atoms with Crippen LogP contribution in [0.5, 0.6) is 0 Å². The molecule has 0 bridgehead atoms. The molecule has 19 heavy (non-hydrogen) atoms. The van der Waals surface area contributed by atoms with Crippen molar-refractivity contribution in [3.63, 3.8) is 0 Å². The van der Waals surface area contributed by atoms with Gasteiger partial charge in [-0.2, -0.15) is 11.8 Å². The molecule has 0 amide bonds. The molecular weight excluding hydrogens is 260 g/mol. The minimum absolute atomic E-state index is 0.333. The van der Waals surface area contributed by atoms with Crippen LogP contribution in [0.15, 0.2) is 6.20 Å². The summed E-state index contributed by atoms with van der Waals surface area (Å²) < 4.78 is 5.00. The molecule has 0 spiro atoms. The molecule has 1 heterocycles. The number of nitrogens with zero attached hydrogens (tertiary/aromatic N) is 2. The van der Waals surface area contributed by atoms with Gasteiger partial charge in [0, 0.05) is 11.4 Å². The lowest BCUT2D eigenvalue weighted by molar-refractivity contribution is 0.0524. The molecule has 5 heteroatoms. The number of hydrogen-bond donors (Lipinski definition) is 0. The largest absolute Gasteiger partial charge is 0.462 e. The predicted octanol–water partition coefficient (Wildman–Crippen LogP) is 3.25.